The van der Waals surface area contributed by atoms with Crippen LogP contribution >= 0.6 is 0 Å². The first-order valence-electron chi connectivity index (χ1n) is 5.55. The second-order valence-electron chi connectivity index (χ2n) is 4.13. The maximum absolute atomic E-state index is 11.9. The number of methoxy groups -OCH3 is 1. The van der Waals surface area contributed by atoms with E-state index in [1.165, 1.54) is 7.11 Å². The lowest BCUT2D eigenvalue weighted by molar-refractivity contribution is -0.0238. The van der Waals surface area contributed by atoms with Crippen LogP contribution in [-0.4, -0.2) is 57.3 Å². The highest BCUT2D eigenvalue weighted by Crippen LogP contribution is 2.35. The molecule has 1 saturated heterocycles. The Morgan fingerprint density at radius 1 is 1.47 bits per heavy atom. The van der Waals surface area contributed by atoms with Gasteiger partial charge in [0.05, 0.1) is 13.7 Å². The number of ether oxygens (including phenoxy) is 2. The highest BCUT2D eigenvalue weighted by atomic mass is 16.6. The normalized spacial score (nSPS) is 30.5. The average Bonchev–Trinajstić information content (AvgIpc) is 2.65. The summed E-state index contributed by atoms with van der Waals surface area (Å²) in [4.78, 5) is 17.9. The summed E-state index contributed by atoms with van der Waals surface area (Å²) in [5, 5.41) is 28.5. The van der Waals surface area contributed by atoms with Crippen molar-refractivity contribution in [2.45, 2.75) is 24.4 Å². The Hall–Kier alpha value is -1.68. The number of aliphatic hydroxyl groups is 3. The van der Waals surface area contributed by atoms with Gasteiger partial charge in [0.1, 0.15) is 30.0 Å². The number of aliphatic hydroxyl groups excluding tert-OH is 3. The number of hydrogen-bond acceptors (Lipinski definition) is 8. The van der Waals surface area contributed by atoms with E-state index in [2.05, 4.69) is 9.97 Å². The van der Waals surface area contributed by atoms with E-state index in [0.29, 0.717) is 0 Å². The molecular weight excluding hydrogens is 258 g/mol. The molecule has 0 aromatic carbocycles. The van der Waals surface area contributed by atoms with E-state index >= 15 is 0 Å². The molecule has 0 radical (unpaired) electrons. The molecule has 106 valence electrons. The molecule has 1 aliphatic heterocycles. The molecule has 2 rings (SSSR count). The predicted molar refractivity (Wildman–Crippen MR) is 62.5 cm³/mol. The number of nitrogens with one attached hydrogen (secondary N) is 1. The number of nitrogens with zero attached hydrogens (tertiary/aromatic N) is 1. The SMILES string of the molecule is COc1nc(N)[nH]c(=O)c1[C@@H]1O[C@H](CO)[C@@H](O)[C@H]1O. The van der Waals surface area contributed by atoms with Crippen LogP contribution in [0.15, 0.2) is 4.79 Å². The predicted octanol–water partition coefficient (Wildman–Crippen LogP) is -2.49. The molecule has 0 saturated carbocycles. The van der Waals surface area contributed by atoms with Crippen LogP contribution in [0.25, 0.3) is 0 Å². The van der Waals surface area contributed by atoms with Crippen LogP contribution < -0.4 is 16.0 Å². The van der Waals surface area contributed by atoms with Crippen LogP contribution in [-0.2, 0) is 4.74 Å². The molecule has 9 heteroatoms. The average molecular weight is 273 g/mol. The van der Waals surface area contributed by atoms with Gasteiger partial charge in [-0.05, 0) is 0 Å². The Morgan fingerprint density at radius 2 is 2.16 bits per heavy atom. The van der Waals surface area contributed by atoms with Crippen LogP contribution in [0, 0.1) is 0 Å². The quantitative estimate of drug-likeness (QED) is 0.406. The van der Waals surface area contributed by atoms with Gasteiger partial charge in [0.25, 0.3) is 5.56 Å². The number of nitrogens with two attached hydrogens (primary N) is 1. The zero-order valence-electron chi connectivity index (χ0n) is 10.1. The van der Waals surface area contributed by atoms with E-state index < -0.39 is 36.6 Å². The topological polar surface area (TPSA) is 151 Å². The van der Waals surface area contributed by atoms with Crippen molar-refractivity contribution in [3.8, 4) is 5.88 Å². The molecule has 19 heavy (non-hydrogen) atoms. The summed E-state index contributed by atoms with van der Waals surface area (Å²) >= 11 is 0. The molecule has 0 spiro atoms. The van der Waals surface area contributed by atoms with Crippen molar-refractivity contribution in [1.29, 1.82) is 0 Å². The smallest absolute Gasteiger partial charge is 0.262 e. The van der Waals surface area contributed by atoms with Crippen LogP contribution in [0.3, 0.4) is 0 Å². The van der Waals surface area contributed by atoms with E-state index in [1.54, 1.807) is 0 Å². The number of aromatic amines is 1. The van der Waals surface area contributed by atoms with Crippen molar-refractivity contribution in [1.82, 2.24) is 9.97 Å². The van der Waals surface area contributed by atoms with Crippen LogP contribution in [0.2, 0.25) is 0 Å². The van der Waals surface area contributed by atoms with E-state index in [0.717, 1.165) is 0 Å². The minimum atomic E-state index is -1.38. The molecule has 1 aromatic heterocycles. The number of H-pyrrole nitrogens is 1. The fourth-order valence-electron chi connectivity index (χ4n) is 2.02. The second-order valence-corrected chi connectivity index (χ2v) is 4.13. The van der Waals surface area contributed by atoms with E-state index in [1.807, 2.05) is 0 Å². The van der Waals surface area contributed by atoms with Gasteiger partial charge in [0.2, 0.25) is 11.8 Å². The summed E-state index contributed by atoms with van der Waals surface area (Å²) in [7, 11) is 1.28. The number of anilines is 1. The summed E-state index contributed by atoms with van der Waals surface area (Å²) in [6, 6.07) is 0. The number of nitrogen functional groups attached to an aromatic ring is 1. The monoisotopic (exact) mass is 273 g/mol. The zero-order valence-corrected chi connectivity index (χ0v) is 10.1. The first-order valence-corrected chi connectivity index (χ1v) is 5.55. The largest absolute Gasteiger partial charge is 0.480 e. The highest BCUT2D eigenvalue weighted by molar-refractivity contribution is 5.33. The first-order chi connectivity index (χ1) is 8.99. The van der Waals surface area contributed by atoms with Gasteiger partial charge in [-0.25, -0.2) is 0 Å². The molecule has 0 amide bonds. The van der Waals surface area contributed by atoms with Gasteiger partial charge in [-0.3, -0.25) is 9.78 Å². The lowest BCUT2D eigenvalue weighted by atomic mass is 10.0. The van der Waals surface area contributed by atoms with Crippen LogP contribution in [0.1, 0.15) is 11.7 Å². The fraction of sp³-hybridized carbons (Fsp3) is 0.600. The van der Waals surface area contributed by atoms with Gasteiger partial charge in [-0.1, -0.05) is 0 Å². The molecule has 6 N–H and O–H groups in total. The van der Waals surface area contributed by atoms with E-state index in [4.69, 9.17) is 20.3 Å². The summed E-state index contributed by atoms with van der Waals surface area (Å²) in [5.41, 5.74) is 4.65. The Balaban J connectivity index is 2.45. The van der Waals surface area contributed by atoms with Gasteiger partial charge < -0.3 is 30.5 Å². The van der Waals surface area contributed by atoms with Crippen molar-refractivity contribution < 1.29 is 24.8 Å². The lowest BCUT2D eigenvalue weighted by Gasteiger charge is -2.16. The molecule has 9 nitrogen and oxygen atoms in total. The van der Waals surface area contributed by atoms with Crippen molar-refractivity contribution in [3.63, 3.8) is 0 Å². The Kier molecular flexibility index (Phi) is 3.71. The molecule has 1 aromatic rings. The lowest BCUT2D eigenvalue weighted by Crippen LogP contribution is -2.33. The standard InChI is InChI=1S/C10H15N3O6/c1-18-9-4(8(17)12-10(11)13-9)7-6(16)5(15)3(2-14)19-7/h3,5-7,14-16H,2H2,1H3,(H3,11,12,13,17)/t3-,5-,6-,7+/m1/s1. The van der Waals surface area contributed by atoms with Gasteiger partial charge in [0.15, 0.2) is 0 Å². The Labute approximate surface area is 107 Å². The summed E-state index contributed by atoms with van der Waals surface area (Å²) in [5.74, 6) is -0.242. The Bertz CT molecular complexity index is 518. The zero-order chi connectivity index (χ0) is 14.2. The molecule has 1 aliphatic rings. The molecule has 0 aliphatic carbocycles. The van der Waals surface area contributed by atoms with Gasteiger partial charge >= 0.3 is 0 Å². The van der Waals surface area contributed by atoms with Crippen molar-refractivity contribution >= 4 is 5.95 Å². The molecular formula is C10H15N3O6. The maximum Gasteiger partial charge on any atom is 0.262 e. The van der Waals surface area contributed by atoms with Gasteiger partial charge in [-0.15, -0.1) is 0 Å². The Morgan fingerprint density at radius 3 is 2.68 bits per heavy atom. The van der Waals surface area contributed by atoms with E-state index in [9.17, 15) is 15.0 Å². The highest BCUT2D eigenvalue weighted by Gasteiger charge is 2.45. The minimum absolute atomic E-state index is 0.0841. The number of hydrogen-bond donors (Lipinski definition) is 5. The van der Waals surface area contributed by atoms with Crippen molar-refractivity contribution in [2.24, 2.45) is 0 Å². The first kappa shape index (κ1) is 13.7. The summed E-state index contributed by atoms with van der Waals surface area (Å²) in [6.07, 6.45) is -4.82. The molecule has 0 bridgehead atoms. The van der Waals surface area contributed by atoms with Gasteiger partial charge in [-0.2, -0.15) is 4.98 Å². The summed E-state index contributed by atoms with van der Waals surface area (Å²) in [6.45, 7) is -0.489. The molecule has 2 heterocycles. The number of aromatic nitrogens is 2. The molecule has 4 atom stereocenters. The number of rotatable bonds is 3. The van der Waals surface area contributed by atoms with Crippen LogP contribution in [0.5, 0.6) is 5.88 Å². The van der Waals surface area contributed by atoms with Crippen molar-refractivity contribution in [3.05, 3.63) is 15.9 Å². The minimum Gasteiger partial charge on any atom is -0.480 e. The second kappa shape index (κ2) is 5.13. The summed E-state index contributed by atoms with van der Waals surface area (Å²) < 4.78 is 10.2. The molecule has 1 fully saturated rings. The maximum atomic E-state index is 11.9. The third-order valence-corrected chi connectivity index (χ3v) is 2.96. The fourth-order valence-corrected chi connectivity index (χ4v) is 2.02. The molecule has 0 unspecified atom stereocenters. The van der Waals surface area contributed by atoms with Gasteiger partial charge in [0, 0.05) is 0 Å². The third-order valence-electron chi connectivity index (χ3n) is 2.96. The van der Waals surface area contributed by atoms with Crippen LogP contribution in [0.4, 0.5) is 5.95 Å². The van der Waals surface area contributed by atoms with Crippen molar-refractivity contribution in [2.75, 3.05) is 19.5 Å². The third kappa shape index (κ3) is 2.28. The van der Waals surface area contributed by atoms with E-state index in [-0.39, 0.29) is 17.4 Å².